The Hall–Kier alpha value is -2.76. The van der Waals surface area contributed by atoms with Crippen molar-refractivity contribution in [1.29, 1.82) is 0 Å². The first kappa shape index (κ1) is 20.6. The second-order valence-electron chi connectivity index (χ2n) is 7.46. The molecule has 6 nitrogen and oxygen atoms in total. The molecule has 0 unspecified atom stereocenters. The first-order valence-corrected chi connectivity index (χ1v) is 9.08. The second kappa shape index (κ2) is 8.29. The van der Waals surface area contributed by atoms with Crippen LogP contribution in [0.25, 0.3) is 0 Å². The van der Waals surface area contributed by atoms with Gasteiger partial charge in [-0.3, -0.25) is 9.59 Å². The van der Waals surface area contributed by atoms with Crippen LogP contribution in [0.4, 0.5) is 11.4 Å². The van der Waals surface area contributed by atoms with Crippen LogP contribution in [0.15, 0.2) is 47.4 Å². The number of rotatable bonds is 6. The van der Waals surface area contributed by atoms with Gasteiger partial charge in [-0.1, -0.05) is 33.3 Å². The van der Waals surface area contributed by atoms with Gasteiger partial charge in [0, 0.05) is 23.5 Å². The van der Waals surface area contributed by atoms with Crippen molar-refractivity contribution in [2.75, 3.05) is 18.2 Å². The number of ether oxygens (including phenoxy) is 1. The van der Waals surface area contributed by atoms with Gasteiger partial charge in [0.2, 0.25) is 0 Å². The van der Waals surface area contributed by atoms with E-state index in [0.717, 1.165) is 12.1 Å². The number of nitrogens with one attached hydrogen (secondary N) is 1. The predicted molar refractivity (Wildman–Crippen MR) is 106 cm³/mol. The zero-order chi connectivity index (χ0) is 20.2. The Labute approximate surface area is 160 Å². The minimum atomic E-state index is -0.895. The number of esters is 1. The van der Waals surface area contributed by atoms with E-state index >= 15 is 0 Å². The molecule has 1 aromatic carbocycles. The smallest absolute Gasteiger partial charge is 0.316 e. The third kappa shape index (κ3) is 4.51. The quantitative estimate of drug-likeness (QED) is 0.516. The molecule has 6 heteroatoms. The van der Waals surface area contributed by atoms with Crippen molar-refractivity contribution in [3.63, 3.8) is 0 Å². The fraction of sp³-hybridized carbons (Fsp3) is 0.429. The molecule has 4 N–H and O–H groups in total. The Bertz CT molecular complexity index is 776. The number of hydrogen-bond acceptors (Lipinski definition) is 6. The van der Waals surface area contributed by atoms with Crippen LogP contribution in [0.2, 0.25) is 0 Å². The van der Waals surface area contributed by atoms with Crippen molar-refractivity contribution in [2.45, 2.75) is 40.0 Å². The van der Waals surface area contributed by atoms with Crippen LogP contribution in [-0.4, -0.2) is 24.0 Å². The molecule has 0 fully saturated rings. The fourth-order valence-electron chi connectivity index (χ4n) is 3.32. The minimum absolute atomic E-state index is 0.138. The number of aliphatic hydroxyl groups is 1. The Balaban J connectivity index is 2.52. The summed E-state index contributed by atoms with van der Waals surface area (Å²) in [4.78, 5) is 25.2. The molecule has 0 bridgehead atoms. The largest absolute Gasteiger partial charge is 0.511 e. The maximum absolute atomic E-state index is 12.9. The molecule has 0 amide bonds. The molecule has 27 heavy (non-hydrogen) atoms. The van der Waals surface area contributed by atoms with Crippen molar-refractivity contribution in [1.82, 2.24) is 0 Å². The van der Waals surface area contributed by atoms with Crippen molar-refractivity contribution < 1.29 is 19.4 Å². The Morgan fingerprint density at radius 1 is 1.37 bits per heavy atom. The van der Waals surface area contributed by atoms with Gasteiger partial charge in [0.25, 0.3) is 0 Å². The van der Waals surface area contributed by atoms with E-state index in [-0.39, 0.29) is 23.5 Å². The lowest BCUT2D eigenvalue weighted by molar-refractivity contribution is -0.150. The number of carbonyl (C=O) groups is 2. The van der Waals surface area contributed by atoms with Crippen LogP contribution in [0.5, 0.6) is 0 Å². The zero-order valence-electron chi connectivity index (χ0n) is 16.3. The normalized spacial score (nSPS) is 19.8. The summed E-state index contributed by atoms with van der Waals surface area (Å²) in [7, 11) is 1.28. The number of methoxy groups -OCH3 is 1. The van der Waals surface area contributed by atoms with Crippen molar-refractivity contribution in [3.05, 3.63) is 47.4 Å². The number of ketones is 1. The number of allylic oxidation sites excluding steroid dienone is 2. The van der Waals surface area contributed by atoms with Crippen LogP contribution in [0, 0.1) is 11.3 Å². The second-order valence-corrected chi connectivity index (χ2v) is 7.46. The topological polar surface area (TPSA) is 102 Å². The molecule has 146 valence electrons. The minimum Gasteiger partial charge on any atom is -0.511 e. The van der Waals surface area contributed by atoms with Crippen LogP contribution in [-0.2, 0) is 14.3 Å². The van der Waals surface area contributed by atoms with E-state index in [0.29, 0.717) is 17.8 Å². The van der Waals surface area contributed by atoms with Gasteiger partial charge in [-0.15, -0.1) is 0 Å². The molecule has 2 rings (SSSR count). The number of carbonyl (C=O) groups excluding carboxylic acids is 2. The van der Waals surface area contributed by atoms with E-state index in [1.165, 1.54) is 7.11 Å². The van der Waals surface area contributed by atoms with Gasteiger partial charge in [-0.2, -0.15) is 0 Å². The Morgan fingerprint density at radius 3 is 2.56 bits per heavy atom. The number of aliphatic hydroxyl groups excluding tert-OH is 1. The molecule has 0 radical (unpaired) electrons. The summed E-state index contributed by atoms with van der Waals surface area (Å²) in [5.41, 5.74) is 7.00. The average molecular weight is 372 g/mol. The average Bonchev–Trinajstić information content (AvgIpc) is 2.59. The summed E-state index contributed by atoms with van der Waals surface area (Å²) in [6, 6.07) is 7.08. The van der Waals surface area contributed by atoms with Gasteiger partial charge in [0.05, 0.1) is 12.7 Å². The number of Topliss-reactive ketones (excluding diaryl/α,β-unsaturated/α-hetero) is 1. The van der Waals surface area contributed by atoms with E-state index in [9.17, 15) is 14.7 Å². The molecule has 0 saturated carbocycles. The van der Waals surface area contributed by atoms with Crippen LogP contribution < -0.4 is 11.1 Å². The van der Waals surface area contributed by atoms with Crippen LogP contribution in [0.1, 0.15) is 40.0 Å². The highest BCUT2D eigenvalue weighted by molar-refractivity contribution is 6.03. The van der Waals surface area contributed by atoms with Gasteiger partial charge in [-0.25, -0.2) is 0 Å². The van der Waals surface area contributed by atoms with Crippen molar-refractivity contribution >= 4 is 23.1 Å². The molecule has 0 saturated heterocycles. The van der Waals surface area contributed by atoms with Crippen molar-refractivity contribution in [2.24, 2.45) is 11.3 Å². The molecule has 1 atom stereocenters. The molecule has 0 aromatic heterocycles. The highest BCUT2D eigenvalue weighted by Gasteiger charge is 2.47. The van der Waals surface area contributed by atoms with E-state index in [1.807, 2.05) is 13.0 Å². The lowest BCUT2D eigenvalue weighted by Gasteiger charge is -2.36. The number of nitrogens with two attached hydrogens (primary N) is 1. The summed E-state index contributed by atoms with van der Waals surface area (Å²) in [5.74, 6) is -1.89. The van der Waals surface area contributed by atoms with E-state index in [2.05, 4.69) is 5.32 Å². The van der Waals surface area contributed by atoms with E-state index < -0.39 is 17.3 Å². The molecule has 1 aromatic rings. The zero-order valence-corrected chi connectivity index (χ0v) is 16.3. The SMILES string of the molecule is CCC/C=C(/Nc1ccc(N)cc1)C1=C(O)[C@H](C(=O)OC)C(C)(C)CC1=O. The van der Waals surface area contributed by atoms with Crippen molar-refractivity contribution in [3.8, 4) is 0 Å². The number of anilines is 2. The summed E-state index contributed by atoms with van der Waals surface area (Å²) >= 11 is 0. The molecule has 0 spiro atoms. The third-order valence-corrected chi connectivity index (χ3v) is 4.74. The summed E-state index contributed by atoms with van der Waals surface area (Å²) < 4.78 is 4.87. The maximum Gasteiger partial charge on any atom is 0.316 e. The highest BCUT2D eigenvalue weighted by atomic mass is 16.5. The number of nitrogen functional groups attached to an aromatic ring is 1. The predicted octanol–water partition coefficient (Wildman–Crippen LogP) is 3.97. The molecule has 1 aliphatic rings. The Morgan fingerprint density at radius 2 is 2.00 bits per heavy atom. The summed E-state index contributed by atoms with van der Waals surface area (Å²) in [6.07, 6.45) is 3.60. The molecular weight excluding hydrogens is 344 g/mol. The van der Waals surface area contributed by atoms with Crippen LogP contribution in [0.3, 0.4) is 0 Å². The van der Waals surface area contributed by atoms with E-state index in [1.54, 1.807) is 38.1 Å². The molecular formula is C21H28N2O4. The first-order valence-electron chi connectivity index (χ1n) is 9.08. The lowest BCUT2D eigenvalue weighted by atomic mass is 9.68. The standard InChI is InChI=1S/C21H28N2O4/c1-5-6-7-15(23-14-10-8-13(22)9-11-14)17-16(24)12-21(2,3)18(19(17)25)20(26)27-4/h7-11,18,23,25H,5-6,12,22H2,1-4H3/b15-7+/t18-/m1/s1. The maximum atomic E-state index is 12.9. The highest BCUT2D eigenvalue weighted by Crippen LogP contribution is 2.43. The number of benzene rings is 1. The van der Waals surface area contributed by atoms with Crippen LogP contribution >= 0.6 is 0 Å². The number of hydrogen-bond donors (Lipinski definition) is 3. The fourth-order valence-corrected chi connectivity index (χ4v) is 3.32. The first-order chi connectivity index (χ1) is 12.7. The van der Waals surface area contributed by atoms with Gasteiger partial charge >= 0.3 is 5.97 Å². The van der Waals surface area contributed by atoms with Gasteiger partial charge in [0.15, 0.2) is 5.78 Å². The van der Waals surface area contributed by atoms with Gasteiger partial charge < -0.3 is 20.9 Å². The molecule has 1 aliphatic carbocycles. The molecule has 0 aliphatic heterocycles. The monoisotopic (exact) mass is 372 g/mol. The lowest BCUT2D eigenvalue weighted by Crippen LogP contribution is -2.41. The van der Waals surface area contributed by atoms with E-state index in [4.69, 9.17) is 10.5 Å². The summed E-state index contributed by atoms with van der Waals surface area (Å²) in [5, 5.41) is 14.1. The van der Waals surface area contributed by atoms with Gasteiger partial charge in [0.1, 0.15) is 11.7 Å². The Kier molecular flexibility index (Phi) is 6.31. The van der Waals surface area contributed by atoms with Gasteiger partial charge in [-0.05, 0) is 36.1 Å². The number of unbranched alkanes of at least 4 members (excludes halogenated alkanes) is 1. The summed E-state index contributed by atoms with van der Waals surface area (Å²) in [6.45, 7) is 5.58. The molecule has 0 heterocycles. The third-order valence-electron chi connectivity index (χ3n) is 4.74.